The number of rotatable bonds is 0. The van der Waals surface area contributed by atoms with Crippen molar-refractivity contribution in [2.45, 2.75) is 6.42 Å². The first-order valence-corrected chi connectivity index (χ1v) is 4.47. The molecule has 0 aliphatic carbocycles. The zero-order valence-corrected chi connectivity index (χ0v) is 7.69. The van der Waals surface area contributed by atoms with Crippen molar-refractivity contribution in [3.05, 3.63) is 23.2 Å². The van der Waals surface area contributed by atoms with Crippen LogP contribution in [0.1, 0.15) is 6.42 Å². The van der Waals surface area contributed by atoms with Crippen LogP contribution in [0, 0.1) is 0 Å². The number of hydrogen-bond acceptors (Lipinski definition) is 2. The maximum absolute atomic E-state index is 11.2. The second kappa shape index (κ2) is 3.26. The third-order valence-corrected chi connectivity index (χ3v) is 2.16. The Morgan fingerprint density at radius 3 is 3.00 bits per heavy atom. The molecule has 1 aliphatic heterocycles. The summed E-state index contributed by atoms with van der Waals surface area (Å²) in [4.78, 5) is 11.2. The van der Waals surface area contributed by atoms with E-state index in [-0.39, 0.29) is 5.91 Å². The van der Waals surface area contributed by atoms with Gasteiger partial charge in [0.05, 0.1) is 11.4 Å². The van der Waals surface area contributed by atoms with Gasteiger partial charge in [-0.25, -0.2) is 0 Å². The number of carbonyl (C=O) groups is 1. The van der Waals surface area contributed by atoms with Crippen LogP contribution in [0.2, 0.25) is 5.02 Å². The summed E-state index contributed by atoms with van der Waals surface area (Å²) in [6.45, 7) is 0.667. The molecule has 1 aliphatic rings. The van der Waals surface area contributed by atoms with Gasteiger partial charge in [0.25, 0.3) is 0 Å². The van der Waals surface area contributed by atoms with Crippen molar-refractivity contribution in [3.63, 3.8) is 0 Å². The van der Waals surface area contributed by atoms with Gasteiger partial charge in [0.1, 0.15) is 0 Å². The number of hydrogen-bond donors (Lipinski definition) is 2. The molecule has 1 aromatic carbocycles. The molecule has 3 nitrogen and oxygen atoms in total. The molecule has 4 heteroatoms. The molecule has 1 aromatic rings. The second-order valence-electron chi connectivity index (χ2n) is 2.91. The molecule has 0 saturated carbocycles. The molecule has 1 heterocycles. The summed E-state index contributed by atoms with van der Waals surface area (Å²) in [5.41, 5.74) is 1.69. The molecule has 1 amide bonds. The summed E-state index contributed by atoms with van der Waals surface area (Å²) < 4.78 is 0. The highest BCUT2D eigenvalue weighted by Gasteiger charge is 2.11. The lowest BCUT2D eigenvalue weighted by Crippen LogP contribution is -2.10. The zero-order chi connectivity index (χ0) is 9.26. The Morgan fingerprint density at radius 2 is 2.15 bits per heavy atom. The van der Waals surface area contributed by atoms with Crippen LogP contribution in [0.5, 0.6) is 0 Å². The van der Waals surface area contributed by atoms with Crippen molar-refractivity contribution in [1.82, 2.24) is 0 Å². The van der Waals surface area contributed by atoms with Gasteiger partial charge in [0.2, 0.25) is 5.91 Å². The SMILES string of the molecule is O=C1CCNc2ccc(Cl)cc2N1. The van der Waals surface area contributed by atoms with E-state index in [4.69, 9.17) is 11.6 Å². The van der Waals surface area contributed by atoms with Crippen molar-refractivity contribution in [2.24, 2.45) is 0 Å². The number of amides is 1. The number of anilines is 2. The van der Waals surface area contributed by atoms with Crippen molar-refractivity contribution in [2.75, 3.05) is 17.2 Å². The Bertz CT molecular complexity index is 351. The van der Waals surface area contributed by atoms with Gasteiger partial charge in [-0.2, -0.15) is 0 Å². The minimum Gasteiger partial charge on any atom is -0.383 e. The fourth-order valence-corrected chi connectivity index (χ4v) is 1.47. The van der Waals surface area contributed by atoms with E-state index < -0.39 is 0 Å². The van der Waals surface area contributed by atoms with Gasteiger partial charge < -0.3 is 10.6 Å². The van der Waals surface area contributed by atoms with Crippen molar-refractivity contribution in [1.29, 1.82) is 0 Å². The maximum Gasteiger partial charge on any atom is 0.226 e. The largest absolute Gasteiger partial charge is 0.383 e. The number of benzene rings is 1. The van der Waals surface area contributed by atoms with E-state index in [0.717, 1.165) is 11.4 Å². The molecule has 2 rings (SSSR count). The highest BCUT2D eigenvalue weighted by molar-refractivity contribution is 6.31. The zero-order valence-electron chi connectivity index (χ0n) is 6.93. The molecular weight excluding hydrogens is 188 g/mol. The quantitative estimate of drug-likeness (QED) is 0.667. The molecule has 2 N–H and O–H groups in total. The topological polar surface area (TPSA) is 41.1 Å². The minimum absolute atomic E-state index is 0.0218. The lowest BCUT2D eigenvalue weighted by molar-refractivity contribution is -0.115. The summed E-state index contributed by atoms with van der Waals surface area (Å²) in [5.74, 6) is 0.0218. The molecule has 0 aromatic heterocycles. The van der Waals surface area contributed by atoms with E-state index in [1.807, 2.05) is 6.07 Å². The van der Waals surface area contributed by atoms with E-state index in [2.05, 4.69) is 10.6 Å². The molecule has 0 atom stereocenters. The molecular formula is C9H9ClN2O. The number of carbonyl (C=O) groups excluding carboxylic acids is 1. The first-order valence-electron chi connectivity index (χ1n) is 4.09. The first-order chi connectivity index (χ1) is 6.25. The highest BCUT2D eigenvalue weighted by Crippen LogP contribution is 2.27. The monoisotopic (exact) mass is 196 g/mol. The van der Waals surface area contributed by atoms with Crippen LogP contribution in [0.3, 0.4) is 0 Å². The van der Waals surface area contributed by atoms with E-state index in [1.165, 1.54) is 0 Å². The van der Waals surface area contributed by atoms with Gasteiger partial charge in [-0.3, -0.25) is 4.79 Å². The number of halogens is 1. The normalized spacial score (nSPS) is 15.3. The average molecular weight is 197 g/mol. The molecule has 68 valence electrons. The van der Waals surface area contributed by atoms with Gasteiger partial charge in [0, 0.05) is 18.0 Å². The lowest BCUT2D eigenvalue weighted by Gasteiger charge is -2.06. The summed E-state index contributed by atoms with van der Waals surface area (Å²) >= 11 is 5.80. The smallest absolute Gasteiger partial charge is 0.226 e. The standard InChI is InChI=1S/C9H9ClN2O/c10-6-1-2-7-8(5-6)12-9(13)3-4-11-7/h1-2,5,11H,3-4H2,(H,12,13). The van der Waals surface area contributed by atoms with E-state index in [0.29, 0.717) is 18.0 Å². The summed E-state index contributed by atoms with van der Waals surface area (Å²) in [5, 5.41) is 6.55. The van der Waals surface area contributed by atoms with Gasteiger partial charge in [0.15, 0.2) is 0 Å². The lowest BCUT2D eigenvalue weighted by atomic mass is 10.2. The van der Waals surface area contributed by atoms with Crippen LogP contribution < -0.4 is 10.6 Å². The fraction of sp³-hybridized carbons (Fsp3) is 0.222. The molecule has 0 unspecified atom stereocenters. The Balaban J connectivity index is 2.40. The Labute approximate surface area is 81.1 Å². The van der Waals surface area contributed by atoms with Crippen molar-refractivity contribution < 1.29 is 4.79 Å². The van der Waals surface area contributed by atoms with Gasteiger partial charge in [-0.05, 0) is 18.2 Å². The minimum atomic E-state index is 0.0218. The molecule has 0 saturated heterocycles. The Kier molecular flexibility index (Phi) is 2.10. The summed E-state index contributed by atoms with van der Waals surface area (Å²) in [6.07, 6.45) is 0.492. The van der Waals surface area contributed by atoms with Crippen LogP contribution >= 0.6 is 11.6 Å². The first kappa shape index (κ1) is 8.38. The van der Waals surface area contributed by atoms with Gasteiger partial charge in [-0.1, -0.05) is 11.6 Å². The van der Waals surface area contributed by atoms with Crippen LogP contribution in [0.15, 0.2) is 18.2 Å². The molecule has 0 bridgehead atoms. The average Bonchev–Trinajstić information content (AvgIpc) is 2.25. The summed E-state index contributed by atoms with van der Waals surface area (Å²) in [6, 6.07) is 5.40. The third kappa shape index (κ3) is 1.75. The molecule has 13 heavy (non-hydrogen) atoms. The van der Waals surface area contributed by atoms with E-state index in [1.54, 1.807) is 12.1 Å². The van der Waals surface area contributed by atoms with Crippen LogP contribution in [-0.4, -0.2) is 12.5 Å². The predicted molar refractivity (Wildman–Crippen MR) is 53.2 cm³/mol. The predicted octanol–water partition coefficient (Wildman–Crippen LogP) is 2.09. The van der Waals surface area contributed by atoms with Crippen LogP contribution in [0.25, 0.3) is 0 Å². The Morgan fingerprint density at radius 1 is 1.31 bits per heavy atom. The summed E-state index contributed by atoms with van der Waals surface area (Å²) in [7, 11) is 0. The second-order valence-corrected chi connectivity index (χ2v) is 3.35. The van der Waals surface area contributed by atoms with Crippen LogP contribution in [-0.2, 0) is 4.79 Å². The molecule has 0 spiro atoms. The molecule has 0 fully saturated rings. The fourth-order valence-electron chi connectivity index (χ4n) is 1.30. The number of fused-ring (bicyclic) bond motifs is 1. The molecule has 0 radical (unpaired) electrons. The third-order valence-electron chi connectivity index (χ3n) is 1.92. The van der Waals surface area contributed by atoms with Crippen LogP contribution in [0.4, 0.5) is 11.4 Å². The Hall–Kier alpha value is -1.22. The van der Waals surface area contributed by atoms with E-state index >= 15 is 0 Å². The van der Waals surface area contributed by atoms with E-state index in [9.17, 15) is 4.79 Å². The van der Waals surface area contributed by atoms with Crippen molar-refractivity contribution in [3.8, 4) is 0 Å². The van der Waals surface area contributed by atoms with Crippen molar-refractivity contribution >= 4 is 28.9 Å². The van der Waals surface area contributed by atoms with Gasteiger partial charge in [-0.15, -0.1) is 0 Å². The van der Waals surface area contributed by atoms with Gasteiger partial charge >= 0.3 is 0 Å². The maximum atomic E-state index is 11.2. The highest BCUT2D eigenvalue weighted by atomic mass is 35.5. The number of nitrogens with one attached hydrogen (secondary N) is 2.